The van der Waals surface area contributed by atoms with Gasteiger partial charge in [-0.05, 0) is 30.5 Å². The van der Waals surface area contributed by atoms with Crippen molar-refractivity contribution in [2.75, 3.05) is 0 Å². The predicted octanol–water partition coefficient (Wildman–Crippen LogP) is 2.85. The smallest absolute Gasteiger partial charge is 0.298 e. The standard InChI is InChI=1S/C19H18FN3O3/c1-4-23-17-15(18(25)22-19(23)26)14(11-5-7-12(20)8-6-11)13(9-24)16(21-17)10(2)3/h5-10H,4H2,1-3H3,(H,22,25,26). The number of carbonyl (C=O) groups is 1. The molecule has 0 spiro atoms. The van der Waals surface area contributed by atoms with Crippen LogP contribution >= 0.6 is 0 Å². The Morgan fingerprint density at radius 3 is 2.42 bits per heavy atom. The highest BCUT2D eigenvalue weighted by atomic mass is 19.1. The summed E-state index contributed by atoms with van der Waals surface area (Å²) in [6, 6.07) is 5.52. The highest BCUT2D eigenvalue weighted by Crippen LogP contribution is 2.32. The van der Waals surface area contributed by atoms with Gasteiger partial charge in [-0.25, -0.2) is 14.2 Å². The number of fused-ring (bicyclic) bond motifs is 1. The molecule has 1 aromatic carbocycles. The van der Waals surface area contributed by atoms with Crippen molar-refractivity contribution in [3.05, 3.63) is 62.2 Å². The van der Waals surface area contributed by atoms with Crippen molar-refractivity contribution in [2.45, 2.75) is 33.2 Å². The van der Waals surface area contributed by atoms with Crippen molar-refractivity contribution in [1.29, 1.82) is 0 Å². The van der Waals surface area contributed by atoms with E-state index in [-0.39, 0.29) is 22.5 Å². The van der Waals surface area contributed by atoms with Crippen LogP contribution in [0.4, 0.5) is 4.39 Å². The van der Waals surface area contributed by atoms with Crippen LogP contribution in [-0.4, -0.2) is 20.8 Å². The van der Waals surface area contributed by atoms with E-state index in [0.717, 1.165) is 0 Å². The number of benzene rings is 1. The number of nitrogens with zero attached hydrogens (tertiary/aromatic N) is 2. The Kier molecular flexibility index (Phi) is 4.54. The van der Waals surface area contributed by atoms with E-state index in [1.54, 1.807) is 6.92 Å². The third-order valence-electron chi connectivity index (χ3n) is 4.31. The lowest BCUT2D eigenvalue weighted by Gasteiger charge is -2.17. The second-order valence-electron chi connectivity index (χ2n) is 6.27. The predicted molar refractivity (Wildman–Crippen MR) is 97.2 cm³/mol. The lowest BCUT2D eigenvalue weighted by atomic mass is 9.93. The van der Waals surface area contributed by atoms with Gasteiger partial charge < -0.3 is 0 Å². The van der Waals surface area contributed by atoms with Crippen LogP contribution in [0.2, 0.25) is 0 Å². The molecule has 0 fully saturated rings. The van der Waals surface area contributed by atoms with E-state index in [1.165, 1.54) is 28.8 Å². The van der Waals surface area contributed by atoms with Crippen LogP contribution in [0.5, 0.6) is 0 Å². The first-order chi connectivity index (χ1) is 12.4. The summed E-state index contributed by atoms with van der Waals surface area (Å²) in [5, 5.41) is 0.143. The number of hydrogen-bond acceptors (Lipinski definition) is 4. The molecule has 0 aliphatic rings. The van der Waals surface area contributed by atoms with Gasteiger partial charge in [-0.1, -0.05) is 26.0 Å². The molecule has 0 atom stereocenters. The van der Waals surface area contributed by atoms with Crippen LogP contribution in [-0.2, 0) is 6.54 Å². The maximum atomic E-state index is 13.4. The van der Waals surface area contributed by atoms with Crippen LogP contribution in [0.25, 0.3) is 22.2 Å². The van der Waals surface area contributed by atoms with Crippen LogP contribution < -0.4 is 11.2 Å². The topological polar surface area (TPSA) is 84.8 Å². The fourth-order valence-electron chi connectivity index (χ4n) is 3.11. The van der Waals surface area contributed by atoms with Crippen molar-refractivity contribution in [3.63, 3.8) is 0 Å². The van der Waals surface area contributed by atoms with Gasteiger partial charge in [-0.3, -0.25) is 19.1 Å². The number of aryl methyl sites for hydroxylation is 1. The molecule has 26 heavy (non-hydrogen) atoms. The van der Waals surface area contributed by atoms with Crippen LogP contribution in [0.3, 0.4) is 0 Å². The van der Waals surface area contributed by atoms with E-state index < -0.39 is 17.1 Å². The summed E-state index contributed by atoms with van der Waals surface area (Å²) in [7, 11) is 0. The highest BCUT2D eigenvalue weighted by molar-refractivity contribution is 6.02. The first-order valence-corrected chi connectivity index (χ1v) is 8.30. The molecule has 6 nitrogen and oxygen atoms in total. The third-order valence-corrected chi connectivity index (χ3v) is 4.31. The zero-order valence-corrected chi connectivity index (χ0v) is 14.7. The highest BCUT2D eigenvalue weighted by Gasteiger charge is 2.22. The Morgan fingerprint density at radius 2 is 1.88 bits per heavy atom. The number of pyridine rings is 1. The molecule has 1 N–H and O–H groups in total. The van der Waals surface area contributed by atoms with E-state index in [0.29, 0.717) is 29.7 Å². The van der Waals surface area contributed by atoms with Gasteiger partial charge >= 0.3 is 5.69 Å². The molecule has 2 heterocycles. The minimum absolute atomic E-state index is 0.113. The molecule has 2 aromatic heterocycles. The van der Waals surface area contributed by atoms with E-state index in [4.69, 9.17) is 0 Å². The number of aldehydes is 1. The van der Waals surface area contributed by atoms with Crippen molar-refractivity contribution >= 4 is 17.3 Å². The number of aromatic nitrogens is 3. The monoisotopic (exact) mass is 355 g/mol. The van der Waals surface area contributed by atoms with E-state index >= 15 is 0 Å². The number of carbonyl (C=O) groups excluding carboxylic acids is 1. The van der Waals surface area contributed by atoms with Gasteiger partial charge in [0.05, 0.1) is 11.1 Å². The van der Waals surface area contributed by atoms with Gasteiger partial charge in [0.1, 0.15) is 11.5 Å². The summed E-state index contributed by atoms with van der Waals surface area (Å²) >= 11 is 0. The number of nitrogens with one attached hydrogen (secondary N) is 1. The molecule has 7 heteroatoms. The Morgan fingerprint density at radius 1 is 1.23 bits per heavy atom. The van der Waals surface area contributed by atoms with Crippen molar-refractivity contribution in [3.8, 4) is 11.1 Å². The van der Waals surface area contributed by atoms with Crippen molar-refractivity contribution in [2.24, 2.45) is 0 Å². The first-order valence-electron chi connectivity index (χ1n) is 8.30. The molecule has 3 aromatic rings. The summed E-state index contributed by atoms with van der Waals surface area (Å²) in [5.41, 5.74) is 0.655. The molecule has 0 saturated carbocycles. The maximum absolute atomic E-state index is 13.4. The second kappa shape index (κ2) is 6.67. The number of hydrogen-bond donors (Lipinski definition) is 1. The summed E-state index contributed by atoms with van der Waals surface area (Å²) in [6.45, 7) is 5.81. The zero-order valence-electron chi connectivity index (χ0n) is 14.7. The first kappa shape index (κ1) is 17.7. The summed E-state index contributed by atoms with van der Waals surface area (Å²) in [5.74, 6) is -0.540. The number of aromatic amines is 1. The normalized spacial score (nSPS) is 11.3. The molecule has 0 unspecified atom stereocenters. The third kappa shape index (κ3) is 2.75. The summed E-state index contributed by atoms with van der Waals surface area (Å²) in [4.78, 5) is 43.4. The molecule has 134 valence electrons. The maximum Gasteiger partial charge on any atom is 0.329 e. The molecule has 0 saturated heterocycles. The minimum atomic E-state index is -0.625. The Balaban J connectivity index is 2.62. The SMILES string of the molecule is CCn1c(=O)[nH]c(=O)c2c(-c3ccc(F)cc3)c(C=O)c(C(C)C)nc21. The van der Waals surface area contributed by atoms with Crippen LogP contribution in [0, 0.1) is 5.82 Å². The molecule has 0 aliphatic carbocycles. The molecule has 0 aliphatic heterocycles. The Hall–Kier alpha value is -3.09. The molecule has 0 bridgehead atoms. The van der Waals surface area contributed by atoms with Crippen molar-refractivity contribution in [1.82, 2.24) is 14.5 Å². The quantitative estimate of drug-likeness (QED) is 0.729. The summed E-state index contributed by atoms with van der Waals surface area (Å²) in [6.07, 6.45) is 0.654. The van der Waals surface area contributed by atoms with Gasteiger partial charge in [0.15, 0.2) is 6.29 Å². The van der Waals surface area contributed by atoms with E-state index in [1.807, 2.05) is 13.8 Å². The fourth-order valence-corrected chi connectivity index (χ4v) is 3.11. The van der Waals surface area contributed by atoms with Crippen molar-refractivity contribution < 1.29 is 9.18 Å². The average molecular weight is 355 g/mol. The Bertz CT molecular complexity index is 1110. The number of halogens is 1. The van der Waals surface area contributed by atoms with Gasteiger partial charge in [-0.2, -0.15) is 0 Å². The number of H-pyrrole nitrogens is 1. The fraction of sp³-hybridized carbons (Fsp3) is 0.263. The molecular formula is C19H18FN3O3. The second-order valence-corrected chi connectivity index (χ2v) is 6.27. The number of rotatable bonds is 4. The van der Waals surface area contributed by atoms with Crippen LogP contribution in [0.1, 0.15) is 42.7 Å². The average Bonchev–Trinajstić information content (AvgIpc) is 2.61. The van der Waals surface area contributed by atoms with Gasteiger partial charge in [0, 0.05) is 17.7 Å². The molecular weight excluding hydrogens is 337 g/mol. The lowest BCUT2D eigenvalue weighted by molar-refractivity contribution is 0.112. The Labute approximate surface area is 148 Å². The van der Waals surface area contributed by atoms with Gasteiger partial charge in [0.25, 0.3) is 5.56 Å². The summed E-state index contributed by atoms with van der Waals surface area (Å²) < 4.78 is 14.7. The minimum Gasteiger partial charge on any atom is -0.298 e. The van der Waals surface area contributed by atoms with E-state index in [9.17, 15) is 18.8 Å². The van der Waals surface area contributed by atoms with Gasteiger partial charge in [-0.15, -0.1) is 0 Å². The molecule has 0 amide bonds. The largest absolute Gasteiger partial charge is 0.329 e. The molecule has 3 rings (SSSR count). The van der Waals surface area contributed by atoms with E-state index in [2.05, 4.69) is 9.97 Å². The zero-order chi connectivity index (χ0) is 19.0. The van der Waals surface area contributed by atoms with Gasteiger partial charge in [0.2, 0.25) is 0 Å². The molecule has 0 radical (unpaired) electrons. The lowest BCUT2D eigenvalue weighted by Crippen LogP contribution is -2.31. The van der Waals surface area contributed by atoms with Crippen LogP contribution in [0.15, 0.2) is 33.9 Å².